The number of hydrogen-bond donors (Lipinski definition) is 1. The summed E-state index contributed by atoms with van der Waals surface area (Å²) in [6, 6.07) is 4.13. The van der Waals surface area contributed by atoms with Gasteiger partial charge in [-0.15, -0.1) is 11.3 Å². The molecule has 1 N–H and O–H groups in total. The number of sulfonamides is 1. The van der Waals surface area contributed by atoms with E-state index in [0.29, 0.717) is 18.4 Å². The van der Waals surface area contributed by atoms with Crippen LogP contribution in [0.4, 0.5) is 0 Å². The summed E-state index contributed by atoms with van der Waals surface area (Å²) in [6.07, 6.45) is 1.06. The molecule has 16 heavy (non-hydrogen) atoms. The molecule has 0 bridgehead atoms. The average Bonchev–Trinajstić information content (AvgIpc) is 2.91. The van der Waals surface area contributed by atoms with E-state index >= 15 is 0 Å². The highest BCUT2D eigenvalue weighted by atomic mass is 79.9. The molecule has 3 nitrogen and oxygen atoms in total. The van der Waals surface area contributed by atoms with Gasteiger partial charge in [-0.05, 0) is 46.3 Å². The summed E-state index contributed by atoms with van der Waals surface area (Å²) in [5.74, 6) is 0.948. The van der Waals surface area contributed by atoms with Crippen LogP contribution in [0, 0.1) is 5.92 Å². The van der Waals surface area contributed by atoms with Crippen LogP contribution >= 0.6 is 27.3 Å². The highest BCUT2D eigenvalue weighted by Crippen LogP contribution is 2.49. The van der Waals surface area contributed by atoms with Crippen molar-refractivity contribution in [3.05, 3.63) is 32.8 Å². The Kier molecular flexibility index (Phi) is 3.53. The number of rotatable bonds is 5. The first kappa shape index (κ1) is 12.3. The molecule has 2 rings (SSSR count). The Hall–Kier alpha value is -0.170. The van der Waals surface area contributed by atoms with Crippen LogP contribution in [-0.4, -0.2) is 15.0 Å². The van der Waals surface area contributed by atoms with E-state index in [2.05, 4.69) is 33.3 Å². The summed E-state index contributed by atoms with van der Waals surface area (Å²) in [6.45, 7) is 3.77. The summed E-state index contributed by atoms with van der Waals surface area (Å²) in [5, 5.41) is 0.951. The summed E-state index contributed by atoms with van der Waals surface area (Å²) in [5.41, 5.74) is 0. The Labute approximate surface area is 108 Å². The van der Waals surface area contributed by atoms with Crippen molar-refractivity contribution >= 4 is 37.3 Å². The van der Waals surface area contributed by atoms with Gasteiger partial charge in [-0.1, -0.05) is 6.58 Å². The fourth-order valence-corrected chi connectivity index (χ4v) is 3.83. The first-order chi connectivity index (χ1) is 7.52. The molecule has 2 atom stereocenters. The largest absolute Gasteiger partial charge is 0.233 e. The van der Waals surface area contributed by atoms with Gasteiger partial charge in [0, 0.05) is 16.8 Å². The van der Waals surface area contributed by atoms with Crippen molar-refractivity contribution in [1.29, 1.82) is 0 Å². The van der Waals surface area contributed by atoms with Gasteiger partial charge in [0.1, 0.15) is 0 Å². The summed E-state index contributed by atoms with van der Waals surface area (Å²) < 4.78 is 25.9. The molecule has 1 fully saturated rings. The third-order valence-corrected chi connectivity index (χ3v) is 5.41. The number of nitrogens with one attached hydrogen (secondary N) is 1. The second-order valence-electron chi connectivity index (χ2n) is 3.80. The zero-order valence-electron chi connectivity index (χ0n) is 8.52. The molecule has 0 amide bonds. The molecule has 1 aromatic rings. The SMILES string of the molecule is C=CS(=O)(=O)NC[C@@H]1C[C@H]1c1ccc(Br)s1. The van der Waals surface area contributed by atoms with Gasteiger partial charge in [-0.25, -0.2) is 13.1 Å². The average molecular weight is 322 g/mol. The maximum absolute atomic E-state index is 11.1. The monoisotopic (exact) mass is 321 g/mol. The molecular weight excluding hydrogens is 310 g/mol. The number of hydrogen-bond acceptors (Lipinski definition) is 3. The summed E-state index contributed by atoms with van der Waals surface area (Å²) in [4.78, 5) is 1.33. The van der Waals surface area contributed by atoms with Crippen LogP contribution in [0.25, 0.3) is 0 Å². The molecular formula is C10H12BrNO2S2. The lowest BCUT2D eigenvalue weighted by Crippen LogP contribution is -2.23. The van der Waals surface area contributed by atoms with Crippen LogP contribution in [0.2, 0.25) is 0 Å². The van der Waals surface area contributed by atoms with Crippen LogP contribution < -0.4 is 4.72 Å². The molecule has 1 heterocycles. The van der Waals surface area contributed by atoms with Crippen molar-refractivity contribution in [3.8, 4) is 0 Å². The van der Waals surface area contributed by atoms with Crippen molar-refractivity contribution in [1.82, 2.24) is 4.72 Å². The van der Waals surface area contributed by atoms with Crippen LogP contribution in [0.5, 0.6) is 0 Å². The molecule has 0 saturated heterocycles. The van der Waals surface area contributed by atoms with Crippen LogP contribution in [-0.2, 0) is 10.0 Å². The highest BCUT2D eigenvalue weighted by Gasteiger charge is 2.39. The van der Waals surface area contributed by atoms with Gasteiger partial charge in [-0.3, -0.25) is 0 Å². The quantitative estimate of drug-likeness (QED) is 0.906. The first-order valence-corrected chi connectivity index (χ1v) is 8.05. The fraction of sp³-hybridized carbons (Fsp3) is 0.400. The van der Waals surface area contributed by atoms with E-state index in [1.54, 1.807) is 11.3 Å². The van der Waals surface area contributed by atoms with Crippen molar-refractivity contribution in [2.75, 3.05) is 6.54 Å². The lowest BCUT2D eigenvalue weighted by atomic mass is 10.3. The Morgan fingerprint density at radius 3 is 2.94 bits per heavy atom. The van der Waals surface area contributed by atoms with Crippen LogP contribution in [0.3, 0.4) is 0 Å². The topological polar surface area (TPSA) is 46.2 Å². The molecule has 0 aliphatic heterocycles. The lowest BCUT2D eigenvalue weighted by Gasteiger charge is -2.00. The van der Waals surface area contributed by atoms with Gasteiger partial charge < -0.3 is 0 Å². The molecule has 0 radical (unpaired) electrons. The van der Waals surface area contributed by atoms with Crippen molar-refractivity contribution in [2.45, 2.75) is 12.3 Å². The maximum atomic E-state index is 11.1. The minimum Gasteiger partial charge on any atom is -0.211 e. The minimum absolute atomic E-state index is 0.431. The second-order valence-corrected chi connectivity index (χ2v) is 8.01. The van der Waals surface area contributed by atoms with Gasteiger partial charge in [0.25, 0.3) is 0 Å². The van der Waals surface area contributed by atoms with Gasteiger partial charge >= 0.3 is 0 Å². The van der Waals surface area contributed by atoms with Gasteiger partial charge in [0.05, 0.1) is 3.79 Å². The highest BCUT2D eigenvalue weighted by molar-refractivity contribution is 9.11. The van der Waals surface area contributed by atoms with E-state index in [1.807, 2.05) is 6.07 Å². The predicted octanol–water partition coefficient (Wildman–Crippen LogP) is 2.68. The zero-order chi connectivity index (χ0) is 11.8. The Balaban J connectivity index is 1.86. The van der Waals surface area contributed by atoms with Crippen molar-refractivity contribution in [3.63, 3.8) is 0 Å². The molecule has 6 heteroatoms. The summed E-state index contributed by atoms with van der Waals surface area (Å²) >= 11 is 5.14. The van der Waals surface area contributed by atoms with E-state index in [-0.39, 0.29) is 0 Å². The standard InChI is InChI=1S/C10H12BrNO2S2/c1-2-16(13,14)12-6-7-5-8(7)9-3-4-10(11)15-9/h2-4,7-8,12H,1,5-6H2/t7-,8+/m0/s1. The first-order valence-electron chi connectivity index (χ1n) is 4.89. The van der Waals surface area contributed by atoms with E-state index in [9.17, 15) is 8.42 Å². The fourth-order valence-electron chi connectivity index (χ4n) is 1.63. The second kappa shape index (κ2) is 4.60. The molecule has 0 aromatic carbocycles. The van der Waals surface area contributed by atoms with E-state index in [1.165, 1.54) is 4.88 Å². The van der Waals surface area contributed by atoms with E-state index in [0.717, 1.165) is 15.6 Å². The molecule has 0 unspecified atom stereocenters. The molecule has 1 aliphatic rings. The summed E-state index contributed by atoms with van der Waals surface area (Å²) in [7, 11) is -3.27. The smallest absolute Gasteiger partial charge is 0.211 e. The molecule has 1 saturated carbocycles. The van der Waals surface area contributed by atoms with Crippen LogP contribution in [0.1, 0.15) is 17.2 Å². The maximum Gasteiger partial charge on any atom is 0.233 e. The number of halogens is 1. The van der Waals surface area contributed by atoms with E-state index in [4.69, 9.17) is 0 Å². The third kappa shape index (κ3) is 2.94. The molecule has 1 aromatic heterocycles. The van der Waals surface area contributed by atoms with Crippen molar-refractivity contribution < 1.29 is 8.42 Å². The zero-order valence-corrected chi connectivity index (χ0v) is 11.7. The Bertz CT molecular complexity index is 495. The molecule has 88 valence electrons. The minimum atomic E-state index is -3.27. The van der Waals surface area contributed by atoms with Gasteiger partial charge in [0.2, 0.25) is 10.0 Å². The normalized spacial score (nSPS) is 24.3. The van der Waals surface area contributed by atoms with Crippen LogP contribution in [0.15, 0.2) is 27.9 Å². The van der Waals surface area contributed by atoms with Crippen molar-refractivity contribution in [2.24, 2.45) is 5.92 Å². The lowest BCUT2D eigenvalue weighted by molar-refractivity contribution is 0.585. The third-order valence-electron chi connectivity index (χ3n) is 2.65. The molecule has 0 spiro atoms. The Morgan fingerprint density at radius 1 is 1.62 bits per heavy atom. The predicted molar refractivity (Wildman–Crippen MR) is 70.0 cm³/mol. The van der Waals surface area contributed by atoms with Gasteiger partial charge in [-0.2, -0.15) is 0 Å². The van der Waals surface area contributed by atoms with Gasteiger partial charge in [0.15, 0.2) is 0 Å². The van der Waals surface area contributed by atoms with E-state index < -0.39 is 10.0 Å². The Morgan fingerprint density at radius 2 is 2.38 bits per heavy atom. The molecule has 1 aliphatic carbocycles. The number of thiophene rings is 1.